The molecule has 0 N–H and O–H groups in total. The fraction of sp³-hybridized carbons (Fsp3) is 0.100. The molecule has 0 radical (unpaired) electrons. The van der Waals surface area contributed by atoms with Crippen molar-refractivity contribution in [2.45, 2.75) is 6.18 Å². The van der Waals surface area contributed by atoms with Crippen LogP contribution in [-0.2, 0) is 35.6 Å². The summed E-state index contributed by atoms with van der Waals surface area (Å²) in [5.41, 5.74) is 0.264. The van der Waals surface area contributed by atoms with Crippen LogP contribution in [0.1, 0.15) is 5.82 Å². The van der Waals surface area contributed by atoms with E-state index in [1.54, 1.807) is 12.1 Å². The molecule has 0 saturated carbocycles. The van der Waals surface area contributed by atoms with E-state index in [-0.39, 0.29) is 31.3 Å². The second kappa shape index (κ2) is 9.92. The zero-order valence-corrected chi connectivity index (χ0v) is 12.1. The Kier molecular flexibility index (Phi) is 10.1. The third kappa shape index (κ3) is 5.80. The molecule has 2 aromatic rings. The van der Waals surface area contributed by atoms with E-state index in [1.807, 2.05) is 0 Å². The molecule has 0 fully saturated rings. The Morgan fingerprint density at radius 2 is 1.70 bits per heavy atom. The molecule has 0 unspecified atom stereocenters. The van der Waals surface area contributed by atoms with Crippen molar-refractivity contribution in [3.8, 4) is 11.5 Å². The third-order valence-corrected chi connectivity index (χ3v) is 1.60. The maximum absolute atomic E-state index is 12.1. The number of hydrogen-bond acceptors (Lipinski definition) is 5. The van der Waals surface area contributed by atoms with Crippen molar-refractivity contribution in [3.63, 3.8) is 0 Å². The van der Waals surface area contributed by atoms with Gasteiger partial charge in [0.15, 0.2) is 0 Å². The number of pyridine rings is 1. The number of carbonyl (C=O) groups excluding carboxylic acids is 2. The first-order valence-corrected chi connectivity index (χ1v) is 4.40. The minimum atomic E-state index is -4.57. The molecular weight excluding hydrogens is 455 g/mol. The van der Waals surface area contributed by atoms with Gasteiger partial charge in [-0.25, -0.2) is 0 Å². The average molecular weight is 461 g/mol. The molecule has 0 saturated heterocycles. The Balaban J connectivity index is 0. The second-order valence-electron chi connectivity index (χ2n) is 2.67. The molecule has 20 heavy (non-hydrogen) atoms. The SMILES string of the molecule is FC(F)(F)c1n[n-]c(-c2ccccn2)n1.[CH-]=O.[CH-]=O.[Os]. The van der Waals surface area contributed by atoms with E-state index in [9.17, 15) is 13.2 Å². The topological polar surface area (TPSA) is 86.9 Å². The normalized spacial score (nSPS) is 9.15. The van der Waals surface area contributed by atoms with Crippen LogP contribution in [0.25, 0.3) is 11.5 Å². The third-order valence-electron chi connectivity index (χ3n) is 1.60. The molecule has 110 valence electrons. The van der Waals surface area contributed by atoms with Gasteiger partial charge in [-0.15, -0.1) is 0 Å². The van der Waals surface area contributed by atoms with Crippen LogP contribution in [0, 0.1) is 0 Å². The quantitative estimate of drug-likeness (QED) is 0.465. The summed E-state index contributed by atoms with van der Waals surface area (Å²) in [6.07, 6.45) is -3.13. The summed E-state index contributed by atoms with van der Waals surface area (Å²) in [6, 6.07) is 4.79. The fourth-order valence-electron chi connectivity index (χ4n) is 0.963. The first kappa shape index (κ1) is 20.4. The van der Waals surface area contributed by atoms with Crippen LogP contribution < -0.4 is 5.10 Å². The van der Waals surface area contributed by atoms with Gasteiger partial charge in [-0.05, 0) is 18.0 Å². The number of aromatic nitrogens is 4. The fourth-order valence-corrected chi connectivity index (χ4v) is 0.963. The zero-order chi connectivity index (χ0) is 14.9. The monoisotopic (exact) mass is 463 g/mol. The molecule has 0 bridgehead atoms. The van der Waals surface area contributed by atoms with Gasteiger partial charge in [0.2, 0.25) is 0 Å². The first-order chi connectivity index (χ1) is 9.07. The maximum atomic E-state index is 12.1. The minimum Gasteiger partial charge on any atom is -0.545 e. The van der Waals surface area contributed by atoms with E-state index in [1.165, 1.54) is 12.3 Å². The maximum Gasteiger partial charge on any atom is 0.429 e. The Bertz CT molecular complexity index is 491. The Morgan fingerprint density at radius 1 is 1.10 bits per heavy atom. The van der Waals surface area contributed by atoms with Crippen LogP contribution in [0.3, 0.4) is 0 Å². The van der Waals surface area contributed by atoms with Crippen molar-refractivity contribution >= 4 is 13.6 Å². The van der Waals surface area contributed by atoms with Gasteiger partial charge in [0.1, 0.15) is 5.82 Å². The second-order valence-corrected chi connectivity index (χ2v) is 2.67. The van der Waals surface area contributed by atoms with Gasteiger partial charge in [-0.2, -0.15) is 13.2 Å². The summed E-state index contributed by atoms with van der Waals surface area (Å²) in [7, 11) is 0. The molecule has 0 aliphatic carbocycles. The molecular formula is C10H6F3N4O2Os-3. The van der Waals surface area contributed by atoms with Gasteiger partial charge >= 0.3 is 6.18 Å². The van der Waals surface area contributed by atoms with Crippen LogP contribution in [0.15, 0.2) is 24.4 Å². The van der Waals surface area contributed by atoms with Crippen molar-refractivity contribution in [2.75, 3.05) is 0 Å². The number of hydrogen-bond donors (Lipinski definition) is 0. The molecule has 2 aromatic heterocycles. The molecule has 10 heteroatoms. The van der Waals surface area contributed by atoms with E-state index in [0.717, 1.165) is 0 Å². The average Bonchev–Trinajstić information content (AvgIpc) is 2.94. The molecule has 0 amide bonds. The van der Waals surface area contributed by atoms with Crippen LogP contribution in [-0.4, -0.2) is 28.6 Å². The predicted octanol–water partition coefficient (Wildman–Crippen LogP) is 0.964. The molecule has 0 spiro atoms. The number of alkyl halides is 3. The number of halogens is 3. The summed E-state index contributed by atoms with van der Waals surface area (Å²) in [5.74, 6) is -1.37. The largest absolute Gasteiger partial charge is 0.545 e. The molecule has 0 aliphatic heterocycles. The smallest absolute Gasteiger partial charge is 0.429 e. The standard InChI is InChI=1S/C8H4F3N4.2CHO.Os/c9-8(10,11)7-13-6(14-15-7)5-3-1-2-4-12-5;2*1-2;/h1-4H;2*1H;/q3*-1;. The minimum absolute atomic E-state index is 0. The van der Waals surface area contributed by atoms with Crippen LogP contribution in [0.4, 0.5) is 13.2 Å². The van der Waals surface area contributed by atoms with Crippen molar-refractivity contribution in [3.05, 3.63) is 30.2 Å². The van der Waals surface area contributed by atoms with E-state index < -0.39 is 12.0 Å². The molecule has 2 rings (SSSR count). The van der Waals surface area contributed by atoms with Crippen molar-refractivity contribution < 1.29 is 42.6 Å². The van der Waals surface area contributed by atoms with Gasteiger partial charge in [-0.1, -0.05) is 6.07 Å². The van der Waals surface area contributed by atoms with E-state index in [2.05, 4.69) is 33.7 Å². The van der Waals surface area contributed by atoms with Crippen LogP contribution in [0.5, 0.6) is 0 Å². The van der Waals surface area contributed by atoms with Gasteiger partial charge in [0, 0.05) is 26.0 Å². The van der Waals surface area contributed by atoms with E-state index in [4.69, 9.17) is 9.59 Å². The zero-order valence-electron chi connectivity index (χ0n) is 9.56. The molecule has 6 nitrogen and oxygen atoms in total. The summed E-state index contributed by atoms with van der Waals surface area (Å²) in [4.78, 5) is 22.6. The van der Waals surface area contributed by atoms with Gasteiger partial charge < -0.3 is 19.7 Å². The predicted molar refractivity (Wildman–Crippen MR) is 57.1 cm³/mol. The summed E-state index contributed by atoms with van der Waals surface area (Å²) >= 11 is 0. The van der Waals surface area contributed by atoms with Crippen molar-refractivity contribution in [1.82, 2.24) is 20.2 Å². The number of rotatable bonds is 1. The Hall–Kier alpha value is -1.94. The summed E-state index contributed by atoms with van der Waals surface area (Å²) in [6.45, 7) is 6.50. The van der Waals surface area contributed by atoms with Crippen LogP contribution in [0.2, 0.25) is 0 Å². The van der Waals surface area contributed by atoms with Crippen molar-refractivity contribution in [1.29, 1.82) is 0 Å². The van der Waals surface area contributed by atoms with Gasteiger partial charge in [-0.3, -0.25) is 23.7 Å². The van der Waals surface area contributed by atoms with Gasteiger partial charge in [0.25, 0.3) is 0 Å². The first-order valence-electron chi connectivity index (χ1n) is 4.40. The summed E-state index contributed by atoms with van der Waals surface area (Å²) in [5, 5.41) is 6.25. The molecule has 0 aromatic carbocycles. The molecule has 0 atom stereocenters. The van der Waals surface area contributed by atoms with Gasteiger partial charge in [0.05, 0.1) is 5.69 Å². The van der Waals surface area contributed by atoms with E-state index in [0.29, 0.717) is 0 Å². The molecule has 2 heterocycles. The summed E-state index contributed by atoms with van der Waals surface area (Å²) < 4.78 is 36.4. The Morgan fingerprint density at radius 3 is 2.10 bits per heavy atom. The van der Waals surface area contributed by atoms with Crippen LogP contribution >= 0.6 is 0 Å². The Labute approximate surface area is 124 Å². The molecule has 0 aliphatic rings. The number of nitrogens with zero attached hydrogens (tertiary/aromatic N) is 4. The van der Waals surface area contributed by atoms with Crippen molar-refractivity contribution in [2.24, 2.45) is 0 Å². The van der Waals surface area contributed by atoms with E-state index >= 15 is 0 Å².